The summed E-state index contributed by atoms with van der Waals surface area (Å²) in [5.74, 6) is 0.462. The molecule has 1 nitrogen and oxygen atoms in total. The fourth-order valence-corrected chi connectivity index (χ4v) is 2.41. The summed E-state index contributed by atoms with van der Waals surface area (Å²) in [5, 5.41) is 4.99. The van der Waals surface area contributed by atoms with Crippen LogP contribution in [0.4, 0.5) is 0 Å². The number of nitrogens with one attached hydrogen (secondary N) is 1. The second-order valence-corrected chi connectivity index (χ2v) is 5.13. The van der Waals surface area contributed by atoms with E-state index < -0.39 is 0 Å². The third-order valence-electron chi connectivity index (χ3n) is 2.59. The Bertz CT molecular complexity index is 316. The maximum atomic E-state index is 6.22. The highest BCUT2D eigenvalue weighted by Gasteiger charge is 2.20. The second kappa shape index (κ2) is 6.48. The fraction of sp³-hybridized carbons (Fsp3) is 0.538. The smallest absolute Gasteiger partial charge is 0.0468 e. The summed E-state index contributed by atoms with van der Waals surface area (Å²) in [6, 6.07) is 5.89. The summed E-state index contributed by atoms with van der Waals surface area (Å²) < 4.78 is 0. The van der Waals surface area contributed by atoms with Crippen molar-refractivity contribution in [3.8, 4) is 0 Å². The van der Waals surface area contributed by atoms with Gasteiger partial charge in [-0.05, 0) is 31.0 Å². The first kappa shape index (κ1) is 13.8. The van der Waals surface area contributed by atoms with Crippen LogP contribution in [0.15, 0.2) is 18.2 Å². The van der Waals surface area contributed by atoms with Gasteiger partial charge in [-0.15, -0.1) is 0 Å². The first-order chi connectivity index (χ1) is 7.57. The first-order valence-corrected chi connectivity index (χ1v) is 6.50. The normalized spacial score (nSPS) is 13.1. The van der Waals surface area contributed by atoms with Gasteiger partial charge >= 0.3 is 0 Å². The number of benzene rings is 1. The molecule has 1 unspecified atom stereocenters. The second-order valence-electron chi connectivity index (χ2n) is 4.31. The molecule has 1 atom stereocenters. The molecule has 16 heavy (non-hydrogen) atoms. The van der Waals surface area contributed by atoms with Crippen LogP contribution >= 0.6 is 23.2 Å². The van der Waals surface area contributed by atoms with Crippen LogP contribution in [0.5, 0.6) is 0 Å². The zero-order valence-electron chi connectivity index (χ0n) is 10.1. The van der Waals surface area contributed by atoms with Gasteiger partial charge in [0.2, 0.25) is 0 Å². The minimum absolute atomic E-state index is 0.223. The van der Waals surface area contributed by atoms with Crippen LogP contribution in [0.2, 0.25) is 10.0 Å². The lowest BCUT2D eigenvalue weighted by Crippen LogP contribution is -2.27. The van der Waals surface area contributed by atoms with Gasteiger partial charge in [0, 0.05) is 21.7 Å². The van der Waals surface area contributed by atoms with Crippen molar-refractivity contribution in [2.24, 2.45) is 5.92 Å². The Hall–Kier alpha value is -0.240. The standard InChI is InChI=1S/C13H19Cl2N/c1-4-8-16-13(9(2)3)12-10(14)6-5-7-11(12)15/h5-7,9,13,16H,4,8H2,1-3H3. The van der Waals surface area contributed by atoms with E-state index in [0.29, 0.717) is 5.92 Å². The van der Waals surface area contributed by atoms with Crippen LogP contribution in [0.1, 0.15) is 38.8 Å². The van der Waals surface area contributed by atoms with E-state index in [9.17, 15) is 0 Å². The van der Waals surface area contributed by atoms with Gasteiger partial charge < -0.3 is 5.32 Å². The molecule has 0 heterocycles. The molecule has 0 spiro atoms. The third-order valence-corrected chi connectivity index (χ3v) is 3.25. The number of hydrogen-bond donors (Lipinski definition) is 1. The molecule has 0 aliphatic carbocycles. The van der Waals surface area contributed by atoms with E-state index in [4.69, 9.17) is 23.2 Å². The molecule has 0 amide bonds. The molecule has 0 aliphatic heterocycles. The van der Waals surface area contributed by atoms with Crippen LogP contribution in [0.3, 0.4) is 0 Å². The minimum atomic E-state index is 0.223. The molecule has 0 fully saturated rings. The lowest BCUT2D eigenvalue weighted by Gasteiger charge is -2.24. The van der Waals surface area contributed by atoms with E-state index in [1.807, 2.05) is 18.2 Å². The Labute approximate surface area is 108 Å². The van der Waals surface area contributed by atoms with E-state index in [0.717, 1.165) is 28.6 Å². The van der Waals surface area contributed by atoms with Gasteiger partial charge in [-0.25, -0.2) is 0 Å². The monoisotopic (exact) mass is 259 g/mol. The molecule has 1 aromatic rings. The van der Waals surface area contributed by atoms with Crippen molar-refractivity contribution in [2.75, 3.05) is 6.54 Å². The Balaban J connectivity index is 3.00. The summed E-state index contributed by atoms with van der Waals surface area (Å²) in [5.41, 5.74) is 1.02. The molecule has 1 N–H and O–H groups in total. The molecule has 1 rings (SSSR count). The summed E-state index contributed by atoms with van der Waals surface area (Å²) >= 11 is 12.4. The van der Waals surface area contributed by atoms with Gasteiger partial charge in [0.15, 0.2) is 0 Å². The van der Waals surface area contributed by atoms with Crippen LogP contribution in [-0.2, 0) is 0 Å². The Morgan fingerprint density at radius 2 is 1.75 bits per heavy atom. The van der Waals surface area contributed by atoms with E-state index in [1.54, 1.807) is 0 Å². The van der Waals surface area contributed by atoms with E-state index in [1.165, 1.54) is 0 Å². The summed E-state index contributed by atoms with van der Waals surface area (Å²) in [6.45, 7) is 7.48. The average molecular weight is 260 g/mol. The molecule has 0 bridgehead atoms. The van der Waals surface area contributed by atoms with Crippen LogP contribution in [-0.4, -0.2) is 6.54 Å². The van der Waals surface area contributed by atoms with Crippen molar-refractivity contribution in [1.82, 2.24) is 5.32 Å². The van der Waals surface area contributed by atoms with Crippen LogP contribution < -0.4 is 5.32 Å². The van der Waals surface area contributed by atoms with E-state index >= 15 is 0 Å². The lowest BCUT2D eigenvalue weighted by molar-refractivity contribution is 0.413. The molecule has 90 valence electrons. The van der Waals surface area contributed by atoms with Crippen molar-refractivity contribution in [3.05, 3.63) is 33.8 Å². The zero-order valence-corrected chi connectivity index (χ0v) is 11.6. The molecule has 0 aromatic heterocycles. The van der Waals surface area contributed by atoms with Gasteiger partial charge in [-0.2, -0.15) is 0 Å². The summed E-state index contributed by atoms with van der Waals surface area (Å²) in [4.78, 5) is 0. The number of hydrogen-bond acceptors (Lipinski definition) is 1. The van der Waals surface area contributed by atoms with Gasteiger partial charge in [0.25, 0.3) is 0 Å². The van der Waals surface area contributed by atoms with Gasteiger partial charge in [0.1, 0.15) is 0 Å². The van der Waals surface area contributed by atoms with Crippen LogP contribution in [0.25, 0.3) is 0 Å². The van der Waals surface area contributed by atoms with Gasteiger partial charge in [-0.3, -0.25) is 0 Å². The Morgan fingerprint density at radius 1 is 1.19 bits per heavy atom. The molecule has 0 radical (unpaired) electrons. The van der Waals surface area contributed by atoms with Crippen LogP contribution in [0, 0.1) is 5.92 Å². The summed E-state index contributed by atoms with van der Waals surface area (Å²) in [7, 11) is 0. The van der Waals surface area contributed by atoms with E-state index in [-0.39, 0.29) is 6.04 Å². The Kier molecular flexibility index (Phi) is 5.60. The first-order valence-electron chi connectivity index (χ1n) is 5.75. The Morgan fingerprint density at radius 3 is 2.19 bits per heavy atom. The fourth-order valence-electron chi connectivity index (χ4n) is 1.78. The van der Waals surface area contributed by atoms with Crippen molar-refractivity contribution in [1.29, 1.82) is 0 Å². The van der Waals surface area contributed by atoms with E-state index in [2.05, 4.69) is 26.1 Å². The number of halogens is 2. The molecule has 0 saturated heterocycles. The average Bonchev–Trinajstić information content (AvgIpc) is 2.21. The molecule has 3 heteroatoms. The SMILES string of the molecule is CCCNC(c1c(Cl)cccc1Cl)C(C)C. The number of rotatable bonds is 5. The minimum Gasteiger partial charge on any atom is -0.310 e. The predicted molar refractivity (Wildman–Crippen MR) is 72.3 cm³/mol. The van der Waals surface area contributed by atoms with Gasteiger partial charge in [-0.1, -0.05) is 50.0 Å². The van der Waals surface area contributed by atoms with Crippen molar-refractivity contribution >= 4 is 23.2 Å². The topological polar surface area (TPSA) is 12.0 Å². The molecule has 0 aliphatic rings. The highest BCUT2D eigenvalue weighted by Crippen LogP contribution is 2.33. The zero-order chi connectivity index (χ0) is 12.1. The molecule has 0 saturated carbocycles. The maximum absolute atomic E-state index is 6.22. The molecular formula is C13H19Cl2N. The summed E-state index contributed by atoms with van der Waals surface area (Å²) in [6.07, 6.45) is 1.10. The molecule has 1 aromatic carbocycles. The maximum Gasteiger partial charge on any atom is 0.0468 e. The highest BCUT2D eigenvalue weighted by atomic mass is 35.5. The largest absolute Gasteiger partial charge is 0.310 e. The highest BCUT2D eigenvalue weighted by molar-refractivity contribution is 6.36. The van der Waals surface area contributed by atoms with Crippen molar-refractivity contribution in [2.45, 2.75) is 33.2 Å². The van der Waals surface area contributed by atoms with Gasteiger partial charge in [0.05, 0.1) is 0 Å². The molecular weight excluding hydrogens is 241 g/mol. The van der Waals surface area contributed by atoms with Crippen molar-refractivity contribution in [3.63, 3.8) is 0 Å². The quantitative estimate of drug-likeness (QED) is 0.809. The lowest BCUT2D eigenvalue weighted by atomic mass is 9.95. The third kappa shape index (κ3) is 3.38. The van der Waals surface area contributed by atoms with Crippen molar-refractivity contribution < 1.29 is 0 Å². The predicted octanol–water partition coefficient (Wildman–Crippen LogP) is 4.69.